The molecule has 74 valence electrons. The Balaban J connectivity index is 2.09. The number of rotatable bonds is 2. The highest BCUT2D eigenvalue weighted by Crippen LogP contribution is 2.37. The molecule has 0 N–H and O–H groups in total. The van der Waals surface area contributed by atoms with E-state index in [1.807, 2.05) is 0 Å². The van der Waals surface area contributed by atoms with Crippen molar-refractivity contribution < 1.29 is 0 Å². The number of hydrogen-bond acceptors (Lipinski definition) is 4. The molecule has 0 radical (unpaired) electrons. The molecule has 3 heterocycles. The predicted octanol–water partition coefficient (Wildman–Crippen LogP) is 1.42. The van der Waals surface area contributed by atoms with Crippen LogP contribution in [0.5, 0.6) is 0 Å². The molecule has 0 spiro atoms. The largest absolute Gasteiger partial charge is 0.352 e. The topological polar surface area (TPSA) is 31.8 Å². The van der Waals surface area contributed by atoms with E-state index in [4.69, 9.17) is 23.2 Å². The molecule has 0 atom stereocenters. The fraction of sp³-hybridized carbons (Fsp3) is 0.500. The van der Waals surface area contributed by atoms with Crippen LogP contribution in [0.2, 0.25) is 10.3 Å². The van der Waals surface area contributed by atoms with Crippen molar-refractivity contribution in [3.8, 4) is 0 Å². The Labute approximate surface area is 91.4 Å². The smallest absolute Gasteiger partial charge is 0.226 e. The van der Waals surface area contributed by atoms with E-state index in [9.17, 15) is 0 Å². The minimum Gasteiger partial charge on any atom is -0.352 e. The van der Waals surface area contributed by atoms with Crippen molar-refractivity contribution >= 4 is 34.8 Å². The molecule has 0 amide bonds. The molecular formula is C8H8Cl2N4. The summed E-state index contributed by atoms with van der Waals surface area (Å²) < 4.78 is 0. The van der Waals surface area contributed by atoms with Gasteiger partial charge in [0.1, 0.15) is 5.02 Å². The van der Waals surface area contributed by atoms with Crippen LogP contribution in [0.4, 0.5) is 11.6 Å². The van der Waals surface area contributed by atoms with Crippen molar-refractivity contribution in [3.63, 3.8) is 0 Å². The molecule has 6 heteroatoms. The number of aromatic nitrogens is 2. The molecule has 0 aliphatic carbocycles. The lowest BCUT2D eigenvalue weighted by molar-refractivity contribution is 1.11. The molecule has 0 bridgehead atoms. The van der Waals surface area contributed by atoms with Crippen LogP contribution >= 0.6 is 23.2 Å². The maximum atomic E-state index is 6.18. The van der Waals surface area contributed by atoms with Crippen molar-refractivity contribution in [3.05, 3.63) is 10.3 Å². The van der Waals surface area contributed by atoms with E-state index in [0.29, 0.717) is 5.02 Å². The molecule has 4 nitrogen and oxygen atoms in total. The zero-order chi connectivity index (χ0) is 9.71. The molecule has 0 unspecified atom stereocenters. The van der Waals surface area contributed by atoms with E-state index < -0.39 is 0 Å². The van der Waals surface area contributed by atoms with Crippen LogP contribution in [0.3, 0.4) is 0 Å². The fourth-order valence-corrected chi connectivity index (χ4v) is 1.82. The summed E-state index contributed by atoms with van der Waals surface area (Å²) in [5, 5.41) is 0.905. The number of hydrogen-bond donors (Lipinski definition) is 0. The molecule has 1 aromatic rings. The van der Waals surface area contributed by atoms with Crippen LogP contribution in [0, 0.1) is 0 Å². The molecule has 14 heavy (non-hydrogen) atoms. The first-order valence-corrected chi connectivity index (χ1v) is 5.24. The second-order valence-electron chi connectivity index (χ2n) is 3.43. The molecule has 0 saturated carbocycles. The van der Waals surface area contributed by atoms with Gasteiger partial charge in [0.15, 0.2) is 11.6 Å². The third kappa shape index (κ3) is 1.38. The van der Waals surface area contributed by atoms with Gasteiger partial charge in [-0.1, -0.05) is 11.6 Å². The summed E-state index contributed by atoms with van der Waals surface area (Å²) in [5.41, 5.74) is 0. The van der Waals surface area contributed by atoms with Crippen LogP contribution in [0.15, 0.2) is 0 Å². The SMILES string of the molecule is Clc1nc(N2CC2)c(Cl)c(N2CC2)n1. The molecule has 2 fully saturated rings. The molecule has 0 aromatic carbocycles. The lowest BCUT2D eigenvalue weighted by atomic mass is 10.5. The van der Waals surface area contributed by atoms with Crippen LogP contribution < -0.4 is 9.80 Å². The van der Waals surface area contributed by atoms with Crippen LogP contribution in [-0.4, -0.2) is 36.1 Å². The Morgan fingerprint density at radius 2 is 1.29 bits per heavy atom. The highest BCUT2D eigenvalue weighted by molar-refractivity contribution is 6.36. The van der Waals surface area contributed by atoms with Gasteiger partial charge < -0.3 is 9.80 Å². The minimum atomic E-state index is 0.276. The Hall–Kier alpha value is -0.740. The van der Waals surface area contributed by atoms with E-state index in [0.717, 1.165) is 37.8 Å². The quantitative estimate of drug-likeness (QED) is 0.569. The number of anilines is 2. The maximum Gasteiger partial charge on any atom is 0.226 e. The molecule has 2 aliphatic heterocycles. The minimum absolute atomic E-state index is 0.276. The van der Waals surface area contributed by atoms with Crippen molar-refractivity contribution in [1.82, 2.24) is 9.97 Å². The maximum absolute atomic E-state index is 6.18. The first-order chi connectivity index (χ1) is 6.75. The van der Waals surface area contributed by atoms with Crippen molar-refractivity contribution in [2.45, 2.75) is 0 Å². The number of halogens is 2. The average Bonchev–Trinajstić information content (AvgIpc) is 3.03. The highest BCUT2D eigenvalue weighted by Gasteiger charge is 2.30. The standard InChI is InChI=1S/C8H8Cl2N4/c9-5-6(13-1-2-13)11-8(10)12-7(5)14-3-4-14/h1-4H2. The van der Waals surface area contributed by atoms with Crippen LogP contribution in [-0.2, 0) is 0 Å². The third-order valence-electron chi connectivity index (χ3n) is 2.28. The number of nitrogens with zero attached hydrogens (tertiary/aromatic N) is 4. The third-order valence-corrected chi connectivity index (χ3v) is 2.79. The first-order valence-electron chi connectivity index (χ1n) is 4.48. The summed E-state index contributed by atoms with van der Waals surface area (Å²) in [5.74, 6) is 1.54. The van der Waals surface area contributed by atoms with Gasteiger partial charge in [0, 0.05) is 26.2 Å². The van der Waals surface area contributed by atoms with E-state index >= 15 is 0 Å². The fourth-order valence-electron chi connectivity index (χ4n) is 1.34. The monoisotopic (exact) mass is 230 g/mol. The van der Waals surface area contributed by atoms with Crippen LogP contribution in [0.25, 0.3) is 0 Å². The molecule has 2 aliphatic rings. The second kappa shape index (κ2) is 2.87. The second-order valence-corrected chi connectivity index (χ2v) is 4.14. The lowest BCUT2D eigenvalue weighted by Gasteiger charge is -2.09. The zero-order valence-corrected chi connectivity index (χ0v) is 8.89. The van der Waals surface area contributed by atoms with Gasteiger partial charge >= 0.3 is 0 Å². The molecular weight excluding hydrogens is 223 g/mol. The molecule has 1 aromatic heterocycles. The van der Waals surface area contributed by atoms with E-state index in [-0.39, 0.29) is 5.28 Å². The van der Waals surface area contributed by atoms with Gasteiger partial charge in [-0.3, -0.25) is 0 Å². The molecule has 2 saturated heterocycles. The first kappa shape index (κ1) is 8.56. The van der Waals surface area contributed by atoms with Crippen molar-refractivity contribution in [1.29, 1.82) is 0 Å². The van der Waals surface area contributed by atoms with E-state index in [2.05, 4.69) is 19.8 Å². The Bertz CT molecular complexity index is 354. The summed E-state index contributed by atoms with van der Waals surface area (Å²) in [7, 11) is 0. The molecule has 3 rings (SSSR count). The van der Waals surface area contributed by atoms with Gasteiger partial charge in [-0.2, -0.15) is 9.97 Å². The van der Waals surface area contributed by atoms with E-state index in [1.54, 1.807) is 0 Å². The summed E-state index contributed by atoms with van der Waals surface area (Å²) in [6.07, 6.45) is 0. The summed E-state index contributed by atoms with van der Waals surface area (Å²) >= 11 is 12.0. The Morgan fingerprint density at radius 3 is 1.64 bits per heavy atom. The Morgan fingerprint density at radius 1 is 0.857 bits per heavy atom. The van der Waals surface area contributed by atoms with Crippen molar-refractivity contribution in [2.75, 3.05) is 36.0 Å². The van der Waals surface area contributed by atoms with Gasteiger partial charge in [0.05, 0.1) is 0 Å². The van der Waals surface area contributed by atoms with Crippen molar-refractivity contribution in [2.24, 2.45) is 0 Å². The van der Waals surface area contributed by atoms with Gasteiger partial charge in [-0.25, -0.2) is 0 Å². The normalized spacial score (nSPS) is 18.7. The van der Waals surface area contributed by atoms with E-state index in [1.165, 1.54) is 0 Å². The summed E-state index contributed by atoms with van der Waals surface area (Å²) in [6, 6.07) is 0. The van der Waals surface area contributed by atoms with Gasteiger partial charge in [-0.15, -0.1) is 0 Å². The lowest BCUT2D eigenvalue weighted by Crippen LogP contribution is -2.03. The predicted molar refractivity (Wildman–Crippen MR) is 56.5 cm³/mol. The Kier molecular flexibility index (Phi) is 1.76. The highest BCUT2D eigenvalue weighted by atomic mass is 35.5. The zero-order valence-electron chi connectivity index (χ0n) is 7.37. The van der Waals surface area contributed by atoms with Crippen LogP contribution in [0.1, 0.15) is 0 Å². The van der Waals surface area contributed by atoms with Gasteiger partial charge in [-0.05, 0) is 11.6 Å². The summed E-state index contributed by atoms with van der Waals surface area (Å²) in [4.78, 5) is 12.4. The van der Waals surface area contributed by atoms with Gasteiger partial charge in [0.2, 0.25) is 5.28 Å². The average molecular weight is 231 g/mol. The van der Waals surface area contributed by atoms with Gasteiger partial charge in [0.25, 0.3) is 0 Å². The summed E-state index contributed by atoms with van der Waals surface area (Å²) in [6.45, 7) is 4.03.